The molecule has 0 radical (unpaired) electrons. The number of ether oxygens (including phenoxy) is 1. The van der Waals surface area contributed by atoms with E-state index in [-0.39, 0.29) is 5.56 Å². The number of benzene rings is 2. The number of pyridine rings is 1. The van der Waals surface area contributed by atoms with Gasteiger partial charge < -0.3 is 10.1 Å². The number of hydrogen-bond donors (Lipinski definition) is 1. The fourth-order valence-corrected chi connectivity index (χ4v) is 2.55. The molecule has 0 aliphatic rings. The summed E-state index contributed by atoms with van der Waals surface area (Å²) in [6.07, 6.45) is 1.66. The Bertz CT molecular complexity index is 1020. The first kappa shape index (κ1) is 17.1. The van der Waals surface area contributed by atoms with Gasteiger partial charge in [-0.3, -0.25) is 14.6 Å². The fraction of sp³-hybridized carbons (Fsp3) is 0.100. The van der Waals surface area contributed by atoms with Crippen molar-refractivity contribution in [2.75, 3.05) is 12.4 Å². The summed E-state index contributed by atoms with van der Waals surface area (Å²) in [6.45, 7) is 0. The zero-order valence-electron chi connectivity index (χ0n) is 14.0. The molecule has 3 aromatic rings. The van der Waals surface area contributed by atoms with Crippen LogP contribution in [0.5, 0.6) is 5.75 Å². The van der Waals surface area contributed by atoms with E-state index in [1.807, 2.05) is 6.07 Å². The average Bonchev–Trinajstić information content (AvgIpc) is 2.68. The molecular formula is C20H15N3O3. The lowest BCUT2D eigenvalue weighted by Crippen LogP contribution is -2.28. The molecule has 2 aromatic carbocycles. The van der Waals surface area contributed by atoms with Gasteiger partial charge in [0.15, 0.2) is 11.7 Å². The number of hydrogen-bond acceptors (Lipinski definition) is 5. The minimum atomic E-state index is -1.45. The molecule has 0 spiro atoms. The fourth-order valence-electron chi connectivity index (χ4n) is 2.55. The molecule has 1 aromatic heterocycles. The van der Waals surface area contributed by atoms with E-state index in [4.69, 9.17) is 4.74 Å². The Morgan fingerprint density at radius 3 is 2.77 bits per heavy atom. The van der Waals surface area contributed by atoms with Gasteiger partial charge in [0.25, 0.3) is 0 Å². The number of aromatic nitrogens is 1. The summed E-state index contributed by atoms with van der Waals surface area (Å²) < 4.78 is 5.09. The van der Waals surface area contributed by atoms with Crippen molar-refractivity contribution in [2.45, 2.75) is 0 Å². The smallest absolute Gasteiger partial charge is 0.249 e. The number of rotatable bonds is 5. The van der Waals surface area contributed by atoms with Gasteiger partial charge in [0, 0.05) is 28.9 Å². The zero-order valence-corrected chi connectivity index (χ0v) is 14.0. The maximum absolute atomic E-state index is 12.6. The third kappa shape index (κ3) is 3.52. The summed E-state index contributed by atoms with van der Waals surface area (Å²) in [5, 5.41) is 12.7. The van der Waals surface area contributed by atoms with Crippen LogP contribution in [0.1, 0.15) is 10.4 Å². The van der Waals surface area contributed by atoms with Gasteiger partial charge >= 0.3 is 0 Å². The minimum Gasteiger partial charge on any atom is -0.497 e. The van der Waals surface area contributed by atoms with Crippen LogP contribution in [0.25, 0.3) is 10.9 Å². The second-order valence-corrected chi connectivity index (χ2v) is 5.56. The van der Waals surface area contributed by atoms with E-state index >= 15 is 0 Å². The average molecular weight is 345 g/mol. The molecule has 1 N–H and O–H groups in total. The Morgan fingerprint density at radius 1 is 1.15 bits per heavy atom. The molecule has 6 heteroatoms. The SMILES string of the molecule is COc1cccc(NC(=O)C(C#N)C(=O)c2ccc3ncccc3c2)c1. The van der Waals surface area contributed by atoms with E-state index in [1.165, 1.54) is 7.11 Å². The molecule has 3 rings (SSSR count). The Balaban J connectivity index is 1.83. The molecule has 0 saturated heterocycles. The van der Waals surface area contributed by atoms with Crippen molar-refractivity contribution in [3.05, 3.63) is 66.4 Å². The van der Waals surface area contributed by atoms with Gasteiger partial charge in [-0.05, 0) is 36.4 Å². The topological polar surface area (TPSA) is 92.1 Å². The van der Waals surface area contributed by atoms with Crippen LogP contribution in [0.3, 0.4) is 0 Å². The van der Waals surface area contributed by atoms with Gasteiger partial charge in [-0.25, -0.2) is 0 Å². The van der Waals surface area contributed by atoms with E-state index in [0.717, 1.165) is 10.9 Å². The molecule has 0 saturated carbocycles. The van der Waals surface area contributed by atoms with E-state index < -0.39 is 17.6 Å². The molecule has 1 unspecified atom stereocenters. The molecule has 6 nitrogen and oxygen atoms in total. The number of nitriles is 1. The molecule has 0 fully saturated rings. The number of methoxy groups -OCH3 is 1. The maximum Gasteiger partial charge on any atom is 0.249 e. The van der Waals surface area contributed by atoms with Crippen LogP contribution in [0.15, 0.2) is 60.8 Å². The Morgan fingerprint density at radius 2 is 2.00 bits per heavy atom. The second kappa shape index (κ2) is 7.45. The van der Waals surface area contributed by atoms with Crippen LogP contribution in [-0.2, 0) is 4.79 Å². The van der Waals surface area contributed by atoms with Gasteiger partial charge in [-0.15, -0.1) is 0 Å². The van der Waals surface area contributed by atoms with Crippen LogP contribution in [0, 0.1) is 17.2 Å². The molecule has 1 amide bonds. The second-order valence-electron chi connectivity index (χ2n) is 5.56. The molecule has 128 valence electrons. The van der Waals surface area contributed by atoms with Crippen LogP contribution >= 0.6 is 0 Å². The number of nitrogens with zero attached hydrogens (tertiary/aromatic N) is 2. The number of anilines is 1. The minimum absolute atomic E-state index is 0.290. The first-order valence-electron chi connectivity index (χ1n) is 7.86. The van der Waals surface area contributed by atoms with Crippen LogP contribution < -0.4 is 10.1 Å². The quantitative estimate of drug-likeness (QED) is 0.566. The third-order valence-corrected chi connectivity index (χ3v) is 3.88. The van der Waals surface area contributed by atoms with E-state index in [0.29, 0.717) is 11.4 Å². The lowest BCUT2D eigenvalue weighted by atomic mass is 9.96. The van der Waals surface area contributed by atoms with E-state index in [2.05, 4.69) is 10.3 Å². The van der Waals surface area contributed by atoms with Crippen LogP contribution in [0.4, 0.5) is 5.69 Å². The van der Waals surface area contributed by atoms with Gasteiger partial charge in [0.05, 0.1) is 18.7 Å². The van der Waals surface area contributed by atoms with E-state index in [9.17, 15) is 14.9 Å². The van der Waals surface area contributed by atoms with Crippen molar-refractivity contribution >= 4 is 28.3 Å². The predicted octanol–water partition coefficient (Wildman–Crippen LogP) is 3.20. The first-order chi connectivity index (χ1) is 12.6. The number of carbonyl (C=O) groups excluding carboxylic acids is 2. The lowest BCUT2D eigenvalue weighted by molar-refractivity contribution is -0.117. The largest absolute Gasteiger partial charge is 0.497 e. The maximum atomic E-state index is 12.6. The molecule has 26 heavy (non-hydrogen) atoms. The summed E-state index contributed by atoms with van der Waals surface area (Å²) in [7, 11) is 1.51. The van der Waals surface area contributed by atoms with Crippen molar-refractivity contribution in [3.8, 4) is 11.8 Å². The Hall–Kier alpha value is -3.72. The summed E-state index contributed by atoms with van der Waals surface area (Å²) in [5.74, 6) is -2.13. The zero-order chi connectivity index (χ0) is 18.5. The lowest BCUT2D eigenvalue weighted by Gasteiger charge is -2.11. The Kier molecular flexibility index (Phi) is 4.90. The molecule has 0 aliphatic carbocycles. The molecule has 1 atom stereocenters. The highest BCUT2D eigenvalue weighted by molar-refractivity contribution is 6.16. The number of Topliss-reactive ketones (excluding diaryl/α,β-unsaturated/α-hetero) is 1. The highest BCUT2D eigenvalue weighted by atomic mass is 16.5. The van der Waals surface area contributed by atoms with Crippen molar-refractivity contribution < 1.29 is 14.3 Å². The van der Waals surface area contributed by atoms with Gasteiger partial charge in [-0.2, -0.15) is 5.26 Å². The molecule has 1 heterocycles. The van der Waals surface area contributed by atoms with Gasteiger partial charge in [0.1, 0.15) is 5.75 Å². The predicted molar refractivity (Wildman–Crippen MR) is 96.8 cm³/mol. The first-order valence-corrected chi connectivity index (χ1v) is 7.86. The van der Waals surface area contributed by atoms with Crippen molar-refractivity contribution in [1.29, 1.82) is 5.26 Å². The third-order valence-electron chi connectivity index (χ3n) is 3.88. The molecule has 0 bridgehead atoms. The summed E-state index contributed by atoms with van der Waals surface area (Å²) in [6, 6.07) is 17.0. The highest BCUT2D eigenvalue weighted by Gasteiger charge is 2.28. The monoisotopic (exact) mass is 345 g/mol. The van der Waals surface area contributed by atoms with Crippen molar-refractivity contribution in [3.63, 3.8) is 0 Å². The van der Waals surface area contributed by atoms with Crippen molar-refractivity contribution in [1.82, 2.24) is 4.98 Å². The van der Waals surface area contributed by atoms with Gasteiger partial charge in [0.2, 0.25) is 5.91 Å². The van der Waals surface area contributed by atoms with Crippen molar-refractivity contribution in [2.24, 2.45) is 5.92 Å². The summed E-state index contributed by atoms with van der Waals surface area (Å²) >= 11 is 0. The number of carbonyl (C=O) groups is 2. The highest BCUT2D eigenvalue weighted by Crippen LogP contribution is 2.20. The van der Waals surface area contributed by atoms with Gasteiger partial charge in [-0.1, -0.05) is 12.1 Å². The number of amides is 1. The standard InChI is InChI=1S/C20H15N3O3/c1-26-16-6-2-5-15(11-16)23-20(25)17(12-21)19(24)14-7-8-18-13(10-14)4-3-9-22-18/h2-11,17H,1H3,(H,23,25). The van der Waals surface area contributed by atoms with E-state index in [1.54, 1.807) is 60.8 Å². The number of nitrogens with one attached hydrogen (secondary N) is 1. The van der Waals surface area contributed by atoms with Crippen LogP contribution in [-0.4, -0.2) is 23.8 Å². The number of fused-ring (bicyclic) bond motifs is 1. The van der Waals surface area contributed by atoms with Crippen LogP contribution in [0.2, 0.25) is 0 Å². The summed E-state index contributed by atoms with van der Waals surface area (Å²) in [4.78, 5) is 29.2. The normalized spacial score (nSPS) is 11.4. The molecular weight excluding hydrogens is 330 g/mol. The number of ketones is 1. The Labute approximate surface area is 150 Å². The summed E-state index contributed by atoms with van der Waals surface area (Å²) in [5.41, 5.74) is 1.47. The molecule has 0 aliphatic heterocycles.